The van der Waals surface area contributed by atoms with Crippen molar-refractivity contribution in [3.8, 4) is 0 Å². The van der Waals surface area contributed by atoms with E-state index in [0.717, 1.165) is 22.3 Å². The van der Waals surface area contributed by atoms with E-state index in [1.165, 1.54) is 0 Å². The standard InChI is InChI=1S/C27H25NO2S/c1-20-14-16-23(17-15-20)31(30)27-13-8-18-28(27)26(29)19-25(22-10-4-3-5-11-22)24-12-7-6-9-21(24)2/h3-18,25H,19H2,1-2H3/t25-,31?/m1/s1. The Morgan fingerprint density at radius 3 is 2.23 bits per heavy atom. The zero-order valence-electron chi connectivity index (χ0n) is 17.7. The molecule has 0 fully saturated rings. The minimum atomic E-state index is -1.42. The lowest BCUT2D eigenvalue weighted by Crippen LogP contribution is -2.18. The lowest BCUT2D eigenvalue weighted by molar-refractivity contribution is 0.0887. The normalized spacial score (nSPS) is 13.0. The van der Waals surface area contributed by atoms with Gasteiger partial charge in [-0.1, -0.05) is 72.3 Å². The number of nitrogens with zero attached hydrogens (tertiary/aromatic N) is 1. The number of rotatable bonds is 6. The highest BCUT2D eigenvalue weighted by molar-refractivity contribution is 7.85. The van der Waals surface area contributed by atoms with Crippen molar-refractivity contribution in [3.05, 3.63) is 119 Å². The van der Waals surface area contributed by atoms with Crippen LogP contribution in [0.1, 0.15) is 39.4 Å². The maximum Gasteiger partial charge on any atom is 0.232 e. The monoisotopic (exact) mass is 427 g/mol. The van der Waals surface area contributed by atoms with Gasteiger partial charge in [0.2, 0.25) is 5.91 Å². The molecule has 0 amide bonds. The molecule has 4 heteroatoms. The highest BCUT2D eigenvalue weighted by Crippen LogP contribution is 2.31. The molecule has 4 aromatic rings. The first-order valence-corrected chi connectivity index (χ1v) is 11.5. The Labute approximate surface area is 185 Å². The summed E-state index contributed by atoms with van der Waals surface area (Å²) in [7, 11) is -1.42. The Hall–Kier alpha value is -3.24. The van der Waals surface area contributed by atoms with Crippen molar-refractivity contribution in [2.45, 2.75) is 36.1 Å². The Balaban J connectivity index is 1.66. The lowest BCUT2D eigenvalue weighted by atomic mass is 9.86. The van der Waals surface area contributed by atoms with Gasteiger partial charge in [-0.25, -0.2) is 4.21 Å². The van der Waals surface area contributed by atoms with Crippen molar-refractivity contribution in [3.63, 3.8) is 0 Å². The van der Waals surface area contributed by atoms with Gasteiger partial charge >= 0.3 is 0 Å². The Morgan fingerprint density at radius 2 is 1.52 bits per heavy atom. The summed E-state index contributed by atoms with van der Waals surface area (Å²) in [4.78, 5) is 14.1. The molecule has 1 unspecified atom stereocenters. The van der Waals surface area contributed by atoms with Crippen LogP contribution in [0.4, 0.5) is 0 Å². The van der Waals surface area contributed by atoms with E-state index >= 15 is 0 Å². The molecule has 0 bridgehead atoms. The molecule has 0 saturated heterocycles. The predicted molar refractivity (Wildman–Crippen MR) is 125 cm³/mol. The second kappa shape index (κ2) is 9.27. The van der Waals surface area contributed by atoms with Crippen molar-refractivity contribution in [1.29, 1.82) is 0 Å². The summed E-state index contributed by atoms with van der Waals surface area (Å²) in [6.45, 7) is 4.07. The van der Waals surface area contributed by atoms with Crippen LogP contribution >= 0.6 is 0 Å². The molecule has 0 spiro atoms. The summed E-state index contributed by atoms with van der Waals surface area (Å²) >= 11 is 0. The molecule has 0 saturated carbocycles. The van der Waals surface area contributed by atoms with Crippen molar-refractivity contribution >= 4 is 16.7 Å². The first-order chi connectivity index (χ1) is 15.0. The number of carbonyl (C=O) groups is 1. The van der Waals surface area contributed by atoms with Crippen molar-refractivity contribution in [1.82, 2.24) is 4.57 Å². The number of aryl methyl sites for hydroxylation is 2. The fourth-order valence-corrected chi connectivity index (χ4v) is 5.02. The Kier molecular flexibility index (Phi) is 6.28. The molecule has 0 aliphatic rings. The first-order valence-electron chi connectivity index (χ1n) is 10.3. The summed E-state index contributed by atoms with van der Waals surface area (Å²) < 4.78 is 14.7. The average molecular weight is 428 g/mol. The van der Waals surface area contributed by atoms with Crippen LogP contribution in [0.5, 0.6) is 0 Å². The van der Waals surface area contributed by atoms with Crippen LogP contribution in [0.3, 0.4) is 0 Å². The van der Waals surface area contributed by atoms with E-state index in [1.54, 1.807) is 22.9 Å². The summed E-state index contributed by atoms with van der Waals surface area (Å²) in [5.41, 5.74) is 4.49. The zero-order chi connectivity index (χ0) is 21.8. The van der Waals surface area contributed by atoms with Gasteiger partial charge in [0.25, 0.3) is 0 Å². The zero-order valence-corrected chi connectivity index (χ0v) is 18.5. The number of carbonyl (C=O) groups excluding carboxylic acids is 1. The molecule has 3 nitrogen and oxygen atoms in total. The summed E-state index contributed by atoms with van der Waals surface area (Å²) in [6, 6.07) is 29.4. The van der Waals surface area contributed by atoms with E-state index in [4.69, 9.17) is 0 Å². The molecule has 156 valence electrons. The minimum absolute atomic E-state index is 0.0713. The predicted octanol–water partition coefficient (Wildman–Crippen LogP) is 6.13. The van der Waals surface area contributed by atoms with Crippen LogP contribution in [-0.2, 0) is 10.8 Å². The molecule has 31 heavy (non-hydrogen) atoms. The van der Waals surface area contributed by atoms with Gasteiger partial charge in [0, 0.05) is 23.4 Å². The van der Waals surface area contributed by atoms with Gasteiger partial charge in [0.15, 0.2) is 0 Å². The largest absolute Gasteiger partial charge is 0.279 e. The van der Waals surface area contributed by atoms with Crippen LogP contribution in [-0.4, -0.2) is 14.7 Å². The molecule has 1 aromatic heterocycles. The van der Waals surface area contributed by atoms with Gasteiger partial charge < -0.3 is 0 Å². The van der Waals surface area contributed by atoms with E-state index < -0.39 is 10.8 Å². The van der Waals surface area contributed by atoms with Crippen LogP contribution in [0.25, 0.3) is 0 Å². The quantitative estimate of drug-likeness (QED) is 0.371. The molecule has 3 aromatic carbocycles. The molecule has 2 atom stereocenters. The van der Waals surface area contributed by atoms with Crippen molar-refractivity contribution in [2.75, 3.05) is 0 Å². The van der Waals surface area contributed by atoms with Crippen LogP contribution in [0.15, 0.2) is 107 Å². The van der Waals surface area contributed by atoms with Crippen LogP contribution in [0, 0.1) is 13.8 Å². The maximum atomic E-state index is 13.4. The van der Waals surface area contributed by atoms with Crippen LogP contribution < -0.4 is 0 Å². The van der Waals surface area contributed by atoms with E-state index in [0.29, 0.717) is 16.3 Å². The smallest absolute Gasteiger partial charge is 0.232 e. The molecule has 0 radical (unpaired) electrons. The van der Waals surface area contributed by atoms with Gasteiger partial charge in [-0.2, -0.15) is 0 Å². The third-order valence-electron chi connectivity index (χ3n) is 5.55. The van der Waals surface area contributed by atoms with Gasteiger partial charge in [-0.3, -0.25) is 9.36 Å². The van der Waals surface area contributed by atoms with Crippen molar-refractivity contribution in [2.24, 2.45) is 0 Å². The van der Waals surface area contributed by atoms with Crippen molar-refractivity contribution < 1.29 is 9.00 Å². The second-order valence-electron chi connectivity index (χ2n) is 7.72. The number of aromatic nitrogens is 1. The lowest BCUT2D eigenvalue weighted by Gasteiger charge is -2.20. The Morgan fingerprint density at radius 1 is 0.839 bits per heavy atom. The molecular weight excluding hydrogens is 402 g/mol. The second-order valence-corrected chi connectivity index (χ2v) is 9.14. The van der Waals surface area contributed by atoms with E-state index in [1.807, 2.05) is 61.5 Å². The molecule has 0 aliphatic heterocycles. The molecule has 0 N–H and O–H groups in total. The molecular formula is C27H25NO2S. The highest BCUT2D eigenvalue weighted by atomic mass is 32.2. The average Bonchev–Trinajstić information content (AvgIpc) is 3.29. The first kappa shape index (κ1) is 21.0. The van der Waals surface area contributed by atoms with Gasteiger partial charge in [0.05, 0.1) is 0 Å². The van der Waals surface area contributed by atoms with E-state index in [-0.39, 0.29) is 11.8 Å². The topological polar surface area (TPSA) is 39.1 Å². The molecule has 4 rings (SSSR count). The maximum absolute atomic E-state index is 13.4. The Bertz CT molecular complexity index is 1210. The van der Waals surface area contributed by atoms with Gasteiger partial charge in [-0.15, -0.1) is 0 Å². The highest BCUT2D eigenvalue weighted by Gasteiger charge is 2.23. The molecule has 0 aliphatic carbocycles. The minimum Gasteiger partial charge on any atom is -0.279 e. The summed E-state index contributed by atoms with van der Waals surface area (Å²) in [5, 5.41) is 0.505. The number of hydrogen-bond donors (Lipinski definition) is 0. The summed E-state index contributed by atoms with van der Waals surface area (Å²) in [5.74, 6) is -0.143. The molecule has 1 heterocycles. The van der Waals surface area contributed by atoms with Crippen LogP contribution in [0.2, 0.25) is 0 Å². The van der Waals surface area contributed by atoms with E-state index in [2.05, 4.69) is 31.2 Å². The van der Waals surface area contributed by atoms with E-state index in [9.17, 15) is 9.00 Å². The fourth-order valence-electron chi connectivity index (χ4n) is 3.85. The fraction of sp³-hybridized carbons (Fsp3) is 0.148. The SMILES string of the molecule is Cc1ccc(S(=O)c2cccn2C(=O)C[C@H](c2ccccc2)c2ccccc2C)cc1. The number of hydrogen-bond acceptors (Lipinski definition) is 2. The number of benzene rings is 3. The third-order valence-corrected chi connectivity index (χ3v) is 6.96. The third kappa shape index (κ3) is 4.59. The van der Waals surface area contributed by atoms with Gasteiger partial charge in [0.1, 0.15) is 15.8 Å². The van der Waals surface area contributed by atoms with Gasteiger partial charge in [-0.05, 0) is 54.8 Å². The summed E-state index contributed by atoms with van der Waals surface area (Å²) in [6.07, 6.45) is 2.01.